The summed E-state index contributed by atoms with van der Waals surface area (Å²) in [5, 5.41) is 14.3. The first-order valence-corrected chi connectivity index (χ1v) is 6.84. The van der Waals surface area contributed by atoms with Gasteiger partial charge in [-0.05, 0) is 31.0 Å². The van der Waals surface area contributed by atoms with Gasteiger partial charge < -0.3 is 15.7 Å². The van der Waals surface area contributed by atoms with Gasteiger partial charge in [-0.25, -0.2) is 4.79 Å². The highest BCUT2D eigenvalue weighted by molar-refractivity contribution is 5.95. The molecule has 6 heteroatoms. The molecule has 0 atom stereocenters. The molecule has 0 fully saturated rings. The van der Waals surface area contributed by atoms with Gasteiger partial charge in [0.15, 0.2) is 0 Å². The van der Waals surface area contributed by atoms with Crippen molar-refractivity contribution in [2.75, 3.05) is 11.9 Å². The lowest BCUT2D eigenvalue weighted by Gasteiger charge is -2.08. The normalized spacial score (nSPS) is 10.0. The van der Waals surface area contributed by atoms with E-state index in [4.69, 9.17) is 5.11 Å². The Balaban J connectivity index is 2.53. The van der Waals surface area contributed by atoms with Crippen LogP contribution in [0, 0.1) is 6.92 Å². The van der Waals surface area contributed by atoms with Gasteiger partial charge >= 0.3 is 5.97 Å². The number of carboxylic acid groups (broad SMARTS) is 1. The zero-order valence-corrected chi connectivity index (χ0v) is 12.2. The fourth-order valence-corrected chi connectivity index (χ4v) is 1.73. The molecule has 0 saturated heterocycles. The maximum Gasteiger partial charge on any atom is 0.336 e. The summed E-state index contributed by atoms with van der Waals surface area (Å²) in [5.41, 5.74) is 1.19. The summed E-state index contributed by atoms with van der Waals surface area (Å²) >= 11 is 0. The van der Waals surface area contributed by atoms with E-state index in [1.165, 1.54) is 6.07 Å². The standard InChI is InChI=1S/C15H20N2O4/c1-3-8-16-13(18)6-7-14(19)17-11-5-4-10(2)12(9-11)15(20)21/h4-5,9H,3,6-8H2,1-2H3,(H,16,18)(H,17,19)(H,20,21). The van der Waals surface area contributed by atoms with Crippen molar-refractivity contribution in [2.24, 2.45) is 0 Å². The van der Waals surface area contributed by atoms with Gasteiger partial charge in [-0.15, -0.1) is 0 Å². The number of rotatable bonds is 7. The molecular formula is C15H20N2O4. The molecule has 6 nitrogen and oxygen atoms in total. The molecule has 1 rings (SSSR count). The Bertz CT molecular complexity index is 540. The molecule has 0 radical (unpaired) electrons. The maximum absolute atomic E-state index is 11.7. The summed E-state index contributed by atoms with van der Waals surface area (Å²) in [6.45, 7) is 4.23. The van der Waals surface area contributed by atoms with Crippen LogP contribution in [0.4, 0.5) is 5.69 Å². The number of carbonyl (C=O) groups is 3. The Kier molecular flexibility index (Phi) is 6.39. The van der Waals surface area contributed by atoms with Crippen molar-refractivity contribution in [1.29, 1.82) is 0 Å². The molecule has 0 unspecified atom stereocenters. The molecule has 0 saturated carbocycles. The highest BCUT2D eigenvalue weighted by Crippen LogP contribution is 2.15. The number of hydrogen-bond acceptors (Lipinski definition) is 3. The lowest BCUT2D eigenvalue weighted by Crippen LogP contribution is -2.25. The summed E-state index contributed by atoms with van der Waals surface area (Å²) < 4.78 is 0. The second-order valence-corrected chi connectivity index (χ2v) is 4.73. The van der Waals surface area contributed by atoms with E-state index in [1.807, 2.05) is 6.92 Å². The average Bonchev–Trinajstić information content (AvgIpc) is 2.44. The zero-order valence-electron chi connectivity index (χ0n) is 12.2. The molecule has 2 amide bonds. The van der Waals surface area contributed by atoms with Crippen molar-refractivity contribution in [3.05, 3.63) is 29.3 Å². The fraction of sp³-hybridized carbons (Fsp3) is 0.400. The monoisotopic (exact) mass is 292 g/mol. The molecule has 114 valence electrons. The Labute approximate surface area is 123 Å². The van der Waals surface area contributed by atoms with Crippen molar-refractivity contribution < 1.29 is 19.5 Å². The van der Waals surface area contributed by atoms with E-state index in [0.29, 0.717) is 17.8 Å². The molecule has 0 spiro atoms. The van der Waals surface area contributed by atoms with Crippen LogP contribution in [0.2, 0.25) is 0 Å². The zero-order chi connectivity index (χ0) is 15.8. The summed E-state index contributed by atoms with van der Waals surface area (Å²) in [7, 11) is 0. The van der Waals surface area contributed by atoms with Gasteiger partial charge in [-0.3, -0.25) is 9.59 Å². The molecule has 0 heterocycles. The van der Waals surface area contributed by atoms with Crippen molar-refractivity contribution in [1.82, 2.24) is 5.32 Å². The lowest BCUT2D eigenvalue weighted by molar-refractivity contribution is -0.124. The van der Waals surface area contributed by atoms with Crippen LogP contribution in [-0.4, -0.2) is 29.4 Å². The minimum absolute atomic E-state index is 0.0613. The third-order valence-corrected chi connectivity index (χ3v) is 2.90. The summed E-state index contributed by atoms with van der Waals surface area (Å²) in [6.07, 6.45) is 1.02. The van der Waals surface area contributed by atoms with E-state index in [0.717, 1.165) is 6.42 Å². The Morgan fingerprint density at radius 1 is 1.14 bits per heavy atom. The first kappa shape index (κ1) is 16.7. The number of carboxylic acids is 1. The number of carbonyl (C=O) groups excluding carboxylic acids is 2. The van der Waals surface area contributed by atoms with Crippen LogP contribution in [0.3, 0.4) is 0 Å². The number of aryl methyl sites for hydroxylation is 1. The molecular weight excluding hydrogens is 272 g/mol. The lowest BCUT2D eigenvalue weighted by atomic mass is 10.1. The molecule has 0 aliphatic carbocycles. The number of benzene rings is 1. The minimum atomic E-state index is -1.04. The first-order valence-electron chi connectivity index (χ1n) is 6.84. The second-order valence-electron chi connectivity index (χ2n) is 4.73. The number of hydrogen-bond donors (Lipinski definition) is 3. The number of aromatic carboxylic acids is 1. The molecule has 1 aromatic rings. The van der Waals surface area contributed by atoms with E-state index >= 15 is 0 Å². The molecule has 1 aromatic carbocycles. The van der Waals surface area contributed by atoms with Crippen molar-refractivity contribution in [3.63, 3.8) is 0 Å². The predicted molar refractivity (Wildman–Crippen MR) is 79.3 cm³/mol. The van der Waals surface area contributed by atoms with Crippen molar-refractivity contribution in [3.8, 4) is 0 Å². The van der Waals surface area contributed by atoms with Gasteiger partial charge in [0.1, 0.15) is 0 Å². The molecule has 0 bridgehead atoms. The van der Waals surface area contributed by atoms with Crippen LogP contribution >= 0.6 is 0 Å². The highest BCUT2D eigenvalue weighted by atomic mass is 16.4. The number of anilines is 1. The fourth-order valence-electron chi connectivity index (χ4n) is 1.73. The molecule has 0 aliphatic heterocycles. The second kappa shape index (κ2) is 8.04. The Morgan fingerprint density at radius 2 is 1.81 bits per heavy atom. The van der Waals surface area contributed by atoms with Crippen molar-refractivity contribution in [2.45, 2.75) is 33.1 Å². The molecule has 0 aliphatic rings. The first-order chi connectivity index (χ1) is 9.93. The van der Waals surface area contributed by atoms with Gasteiger partial charge in [0, 0.05) is 25.1 Å². The van der Waals surface area contributed by atoms with Crippen LogP contribution in [0.15, 0.2) is 18.2 Å². The van der Waals surface area contributed by atoms with Crippen LogP contribution in [0.5, 0.6) is 0 Å². The van der Waals surface area contributed by atoms with E-state index in [2.05, 4.69) is 10.6 Å². The van der Waals surface area contributed by atoms with Crippen LogP contribution in [0.1, 0.15) is 42.1 Å². The number of amides is 2. The SMILES string of the molecule is CCCNC(=O)CCC(=O)Nc1ccc(C)c(C(=O)O)c1. The Morgan fingerprint density at radius 3 is 2.43 bits per heavy atom. The van der Waals surface area contributed by atoms with Gasteiger partial charge in [0.25, 0.3) is 0 Å². The Hall–Kier alpha value is -2.37. The third kappa shape index (κ3) is 5.64. The van der Waals surface area contributed by atoms with E-state index in [9.17, 15) is 14.4 Å². The third-order valence-electron chi connectivity index (χ3n) is 2.90. The van der Waals surface area contributed by atoms with E-state index < -0.39 is 5.97 Å². The minimum Gasteiger partial charge on any atom is -0.478 e. The smallest absolute Gasteiger partial charge is 0.336 e. The van der Waals surface area contributed by atoms with Crippen LogP contribution in [-0.2, 0) is 9.59 Å². The predicted octanol–water partition coefficient (Wildman–Crippen LogP) is 1.94. The van der Waals surface area contributed by atoms with E-state index in [1.54, 1.807) is 19.1 Å². The topological polar surface area (TPSA) is 95.5 Å². The van der Waals surface area contributed by atoms with Gasteiger partial charge in [0.05, 0.1) is 5.56 Å². The summed E-state index contributed by atoms with van der Waals surface area (Å²) in [4.78, 5) is 34.1. The van der Waals surface area contributed by atoms with Gasteiger partial charge in [-0.2, -0.15) is 0 Å². The van der Waals surface area contributed by atoms with Gasteiger partial charge in [-0.1, -0.05) is 13.0 Å². The molecule has 0 aromatic heterocycles. The molecule has 3 N–H and O–H groups in total. The van der Waals surface area contributed by atoms with Gasteiger partial charge in [0.2, 0.25) is 11.8 Å². The van der Waals surface area contributed by atoms with Crippen molar-refractivity contribution >= 4 is 23.5 Å². The largest absolute Gasteiger partial charge is 0.478 e. The highest BCUT2D eigenvalue weighted by Gasteiger charge is 2.10. The number of nitrogens with one attached hydrogen (secondary N) is 2. The van der Waals surface area contributed by atoms with Crippen LogP contribution < -0.4 is 10.6 Å². The van der Waals surface area contributed by atoms with Crippen LogP contribution in [0.25, 0.3) is 0 Å². The summed E-state index contributed by atoms with van der Waals surface area (Å²) in [6, 6.07) is 4.68. The van der Waals surface area contributed by atoms with E-state index in [-0.39, 0.29) is 30.2 Å². The molecule has 21 heavy (non-hydrogen) atoms. The maximum atomic E-state index is 11.7. The average molecular weight is 292 g/mol. The quantitative estimate of drug-likeness (QED) is 0.715. The summed E-state index contributed by atoms with van der Waals surface area (Å²) in [5.74, 6) is -1.52.